The van der Waals surface area contributed by atoms with Crippen LogP contribution < -0.4 is 10.6 Å². The Bertz CT molecular complexity index is 882. The van der Waals surface area contributed by atoms with Gasteiger partial charge in [-0.05, 0) is 69.2 Å². The molecular formula is C25H36N4O6. The lowest BCUT2D eigenvalue weighted by Crippen LogP contribution is -2.53. The summed E-state index contributed by atoms with van der Waals surface area (Å²) in [6.07, 6.45) is 3.88. The molecule has 1 atom stereocenters. The van der Waals surface area contributed by atoms with E-state index in [1.165, 1.54) is 0 Å². The predicted molar refractivity (Wildman–Crippen MR) is 130 cm³/mol. The first-order chi connectivity index (χ1) is 16.9. The third-order valence-corrected chi connectivity index (χ3v) is 6.51. The minimum absolute atomic E-state index is 0.000110. The lowest BCUT2D eigenvalue weighted by Gasteiger charge is -2.41. The van der Waals surface area contributed by atoms with Crippen molar-refractivity contribution in [2.75, 3.05) is 44.4 Å². The highest BCUT2D eigenvalue weighted by Gasteiger charge is 2.34. The summed E-state index contributed by atoms with van der Waals surface area (Å²) in [7, 11) is 0. The molecule has 0 spiro atoms. The fraction of sp³-hybridized carbons (Fsp3) is 0.600. The van der Waals surface area contributed by atoms with Crippen LogP contribution in [0.3, 0.4) is 0 Å². The smallest absolute Gasteiger partial charge is 0.462 e. The summed E-state index contributed by atoms with van der Waals surface area (Å²) in [5.41, 5.74) is 7.20. The topological polar surface area (TPSA) is 135 Å². The number of nitrogen functional groups attached to an aromatic ring is 1. The van der Waals surface area contributed by atoms with E-state index < -0.39 is 6.16 Å². The molecule has 2 aliphatic rings. The first kappa shape index (κ1) is 26.3. The predicted octanol–water partition coefficient (Wildman–Crippen LogP) is 2.67. The van der Waals surface area contributed by atoms with Crippen molar-refractivity contribution >= 4 is 29.6 Å². The average molecular weight is 489 g/mol. The largest absolute Gasteiger partial charge is 0.508 e. The first-order valence-electron chi connectivity index (χ1n) is 12.3. The van der Waals surface area contributed by atoms with Crippen molar-refractivity contribution in [1.29, 1.82) is 5.41 Å². The van der Waals surface area contributed by atoms with Gasteiger partial charge >= 0.3 is 12.1 Å². The molecule has 0 bridgehead atoms. The Hall–Kier alpha value is -3.30. The van der Waals surface area contributed by atoms with Crippen LogP contribution in [0.5, 0.6) is 0 Å². The number of nitrogens with zero attached hydrogens (tertiary/aromatic N) is 2. The van der Waals surface area contributed by atoms with Crippen molar-refractivity contribution in [2.24, 2.45) is 11.7 Å². The number of carbonyl (C=O) groups excluding carboxylic acids is 3. The molecule has 3 rings (SSSR count). The normalized spacial score (nSPS) is 18.6. The number of piperidine rings is 2. The van der Waals surface area contributed by atoms with Crippen molar-refractivity contribution < 1.29 is 28.6 Å². The molecule has 10 heteroatoms. The van der Waals surface area contributed by atoms with Crippen LogP contribution in [0.25, 0.3) is 0 Å². The number of rotatable bonds is 9. The van der Waals surface area contributed by atoms with Gasteiger partial charge in [-0.15, -0.1) is 0 Å². The summed E-state index contributed by atoms with van der Waals surface area (Å²) >= 11 is 0. The standard InChI is InChI=1S/C25H36N4O6/c1-2-33-25(32)35-16-15-34-22(30)17-18-10-13-28(14-11-18)24(31)21-5-3-4-12-29(21)20-8-6-19(7-9-20)23(26)27/h6-9,18,21H,2-5,10-17H2,1H3,(H3,26,27). The molecule has 1 aromatic carbocycles. The van der Waals surface area contributed by atoms with Gasteiger partial charge in [0.2, 0.25) is 5.91 Å². The zero-order valence-corrected chi connectivity index (χ0v) is 20.4. The van der Waals surface area contributed by atoms with Gasteiger partial charge < -0.3 is 29.7 Å². The molecular weight excluding hydrogens is 452 g/mol. The molecule has 2 heterocycles. The van der Waals surface area contributed by atoms with Gasteiger partial charge in [0.15, 0.2) is 0 Å². The van der Waals surface area contributed by atoms with E-state index in [4.69, 9.17) is 20.6 Å². The summed E-state index contributed by atoms with van der Waals surface area (Å²) in [5, 5.41) is 7.57. The van der Waals surface area contributed by atoms with E-state index in [2.05, 4.69) is 9.64 Å². The molecule has 0 saturated carbocycles. The van der Waals surface area contributed by atoms with Gasteiger partial charge in [0.05, 0.1) is 6.61 Å². The first-order valence-corrected chi connectivity index (χ1v) is 12.3. The van der Waals surface area contributed by atoms with Gasteiger partial charge in [-0.2, -0.15) is 0 Å². The number of nitrogens with one attached hydrogen (secondary N) is 1. The van der Waals surface area contributed by atoms with Gasteiger partial charge in [0, 0.05) is 37.3 Å². The van der Waals surface area contributed by atoms with Gasteiger partial charge in [0.25, 0.3) is 0 Å². The zero-order valence-electron chi connectivity index (χ0n) is 20.4. The number of nitrogens with two attached hydrogens (primary N) is 1. The van der Waals surface area contributed by atoms with Crippen molar-refractivity contribution in [3.8, 4) is 0 Å². The number of amidine groups is 1. The number of hydrogen-bond donors (Lipinski definition) is 2. The Morgan fingerprint density at radius 3 is 2.31 bits per heavy atom. The average Bonchev–Trinajstić information content (AvgIpc) is 2.87. The molecule has 0 aliphatic carbocycles. The molecule has 1 amide bonds. The number of likely N-dealkylation sites (tertiary alicyclic amines) is 1. The van der Waals surface area contributed by atoms with E-state index in [1.807, 2.05) is 29.2 Å². The lowest BCUT2D eigenvalue weighted by atomic mass is 9.92. The summed E-state index contributed by atoms with van der Waals surface area (Å²) in [6.45, 7) is 3.94. The second-order valence-corrected chi connectivity index (χ2v) is 8.89. The van der Waals surface area contributed by atoms with E-state index in [1.54, 1.807) is 6.92 Å². The lowest BCUT2D eigenvalue weighted by molar-refractivity contribution is -0.146. The van der Waals surface area contributed by atoms with E-state index in [0.717, 1.165) is 44.3 Å². The molecule has 35 heavy (non-hydrogen) atoms. The van der Waals surface area contributed by atoms with E-state index in [9.17, 15) is 14.4 Å². The fourth-order valence-electron chi connectivity index (χ4n) is 4.63. The summed E-state index contributed by atoms with van der Waals surface area (Å²) in [5.74, 6) is 0.00544. The number of amides is 1. The second kappa shape index (κ2) is 13.0. The van der Waals surface area contributed by atoms with Crippen molar-refractivity contribution in [3.63, 3.8) is 0 Å². The number of hydrogen-bond acceptors (Lipinski definition) is 8. The van der Waals surface area contributed by atoms with Crippen LogP contribution in [0.4, 0.5) is 10.5 Å². The van der Waals surface area contributed by atoms with Crippen LogP contribution >= 0.6 is 0 Å². The fourth-order valence-corrected chi connectivity index (χ4v) is 4.63. The third kappa shape index (κ3) is 7.60. The van der Waals surface area contributed by atoms with Crippen LogP contribution in [0.2, 0.25) is 0 Å². The summed E-state index contributed by atoms with van der Waals surface area (Å²) in [4.78, 5) is 40.7. The maximum absolute atomic E-state index is 13.4. The molecule has 0 radical (unpaired) electrons. The molecule has 1 aromatic rings. The zero-order chi connectivity index (χ0) is 25.2. The molecule has 2 saturated heterocycles. The Labute approximate surface area is 206 Å². The molecule has 10 nitrogen and oxygen atoms in total. The summed E-state index contributed by atoms with van der Waals surface area (Å²) in [6, 6.07) is 7.30. The number of benzene rings is 1. The highest BCUT2D eigenvalue weighted by Crippen LogP contribution is 2.28. The van der Waals surface area contributed by atoms with Crippen LogP contribution in [-0.4, -0.2) is 74.3 Å². The van der Waals surface area contributed by atoms with Crippen LogP contribution in [0, 0.1) is 11.3 Å². The monoisotopic (exact) mass is 488 g/mol. The molecule has 3 N–H and O–H groups in total. The number of anilines is 1. The van der Waals surface area contributed by atoms with E-state index in [-0.39, 0.29) is 49.5 Å². The highest BCUT2D eigenvalue weighted by atomic mass is 16.7. The van der Waals surface area contributed by atoms with Crippen LogP contribution in [0.1, 0.15) is 51.0 Å². The Morgan fingerprint density at radius 1 is 0.971 bits per heavy atom. The second-order valence-electron chi connectivity index (χ2n) is 8.89. The molecule has 0 aromatic heterocycles. The third-order valence-electron chi connectivity index (χ3n) is 6.51. The van der Waals surface area contributed by atoms with Crippen molar-refractivity contribution in [3.05, 3.63) is 29.8 Å². The quantitative estimate of drug-likeness (QED) is 0.234. The van der Waals surface area contributed by atoms with Gasteiger partial charge in [0.1, 0.15) is 25.1 Å². The van der Waals surface area contributed by atoms with E-state index >= 15 is 0 Å². The van der Waals surface area contributed by atoms with Gasteiger partial charge in [-0.25, -0.2) is 4.79 Å². The number of ether oxygens (including phenoxy) is 3. The minimum atomic E-state index is -0.773. The van der Waals surface area contributed by atoms with Gasteiger partial charge in [-0.1, -0.05) is 0 Å². The maximum atomic E-state index is 13.4. The summed E-state index contributed by atoms with van der Waals surface area (Å²) < 4.78 is 14.6. The van der Waals surface area contributed by atoms with Crippen LogP contribution in [-0.2, 0) is 23.8 Å². The Morgan fingerprint density at radius 2 is 1.66 bits per heavy atom. The van der Waals surface area contributed by atoms with Crippen molar-refractivity contribution in [1.82, 2.24) is 4.90 Å². The van der Waals surface area contributed by atoms with Crippen molar-refractivity contribution in [2.45, 2.75) is 51.5 Å². The van der Waals surface area contributed by atoms with Crippen LogP contribution in [0.15, 0.2) is 24.3 Å². The molecule has 192 valence electrons. The van der Waals surface area contributed by atoms with E-state index in [0.29, 0.717) is 25.1 Å². The number of esters is 1. The minimum Gasteiger partial charge on any atom is -0.462 e. The SMILES string of the molecule is CCOC(=O)OCCOC(=O)CC1CCN(C(=O)C2CCCCN2c2ccc(C(=N)N)cc2)CC1. The molecule has 2 aliphatic heterocycles. The van der Waals surface area contributed by atoms with Gasteiger partial charge in [-0.3, -0.25) is 15.0 Å². The molecule has 1 unspecified atom stereocenters. The highest BCUT2D eigenvalue weighted by molar-refractivity contribution is 5.95. The Kier molecular flexibility index (Phi) is 9.75. The Balaban J connectivity index is 1.45. The maximum Gasteiger partial charge on any atom is 0.508 e. The number of carbonyl (C=O) groups is 3. The molecule has 2 fully saturated rings.